The summed E-state index contributed by atoms with van der Waals surface area (Å²) in [5, 5.41) is 0. The van der Waals surface area contributed by atoms with E-state index in [2.05, 4.69) is 38.1 Å². The highest BCUT2D eigenvalue weighted by Gasteiger charge is 2.23. The first-order valence-electron chi connectivity index (χ1n) is 21.0. The van der Waals surface area contributed by atoms with E-state index in [9.17, 15) is 9.59 Å². The Morgan fingerprint density at radius 2 is 0.708 bits per heavy atom. The fraction of sp³-hybridized carbons (Fsp3) is 0.818. The Morgan fingerprint density at radius 3 is 0.979 bits per heavy atom. The molecule has 2 N–H and O–H groups in total. The molecule has 1 rings (SSSR count). The minimum absolute atomic E-state index is 0.121. The molecule has 0 saturated heterocycles. The molecule has 0 bridgehead atoms. The lowest BCUT2D eigenvalue weighted by molar-refractivity contribution is -0.130. The zero-order valence-electron chi connectivity index (χ0n) is 32.5. The lowest BCUT2D eigenvalue weighted by Gasteiger charge is -2.22. The summed E-state index contributed by atoms with van der Waals surface area (Å²) in [7, 11) is 3.71. The van der Waals surface area contributed by atoms with Gasteiger partial charge in [0, 0.05) is 14.1 Å². The molecule has 0 radical (unpaired) electrons. The predicted octanol–water partition coefficient (Wildman–Crippen LogP) is 13.2. The number of hydrogen-bond donors (Lipinski definition) is 1. The molecule has 278 valence electrons. The molecule has 0 aliphatic carbocycles. The molecule has 0 heterocycles. The normalized spacial score (nSPS) is 12.7. The van der Waals surface area contributed by atoms with Crippen molar-refractivity contribution in [1.82, 2.24) is 4.90 Å². The number of primary amides is 1. The number of carbonyl (C=O) groups is 2. The molecule has 2 unspecified atom stereocenters. The van der Waals surface area contributed by atoms with Gasteiger partial charge in [0.1, 0.15) is 0 Å². The van der Waals surface area contributed by atoms with Crippen molar-refractivity contribution in [2.24, 2.45) is 5.73 Å². The van der Waals surface area contributed by atoms with E-state index in [-0.39, 0.29) is 23.7 Å². The lowest BCUT2D eigenvalue weighted by Crippen LogP contribution is -2.28. The molecule has 2 atom stereocenters. The highest BCUT2D eigenvalue weighted by molar-refractivity contribution is 5.84. The number of amides is 2. The van der Waals surface area contributed by atoms with E-state index in [1.54, 1.807) is 4.90 Å². The van der Waals surface area contributed by atoms with Gasteiger partial charge in [-0.15, -0.1) is 0 Å². The molecule has 2 amide bonds. The Morgan fingerprint density at radius 1 is 0.458 bits per heavy atom. The van der Waals surface area contributed by atoms with Crippen LogP contribution in [0.15, 0.2) is 24.3 Å². The number of hydrogen-bond acceptors (Lipinski definition) is 2. The van der Waals surface area contributed by atoms with Gasteiger partial charge in [-0.1, -0.05) is 218 Å². The van der Waals surface area contributed by atoms with Crippen LogP contribution in [0.25, 0.3) is 0 Å². The maximum Gasteiger partial charge on any atom is 0.229 e. The maximum absolute atomic E-state index is 13.1. The molecular formula is C44H80N2O2. The van der Waals surface area contributed by atoms with E-state index in [1.807, 2.05) is 14.1 Å². The largest absolute Gasteiger partial charge is 0.369 e. The molecule has 0 aromatic heterocycles. The van der Waals surface area contributed by atoms with Gasteiger partial charge in [0.15, 0.2) is 0 Å². The van der Waals surface area contributed by atoms with Crippen molar-refractivity contribution in [3.63, 3.8) is 0 Å². The number of likely N-dealkylation sites (N-methyl/N-ethyl adjacent to an activating group) is 1. The SMILES string of the molecule is CCCCCCCCCCCCCCCCC(C(N)=O)c1ccc(C(CCCCCCCCCCCCCCCC)C(=O)N(C)C)cc1. The number of unbranched alkanes of at least 4 members (excludes halogenated alkanes) is 26. The molecule has 0 fully saturated rings. The topological polar surface area (TPSA) is 63.4 Å². The third-order valence-corrected chi connectivity index (χ3v) is 10.5. The van der Waals surface area contributed by atoms with E-state index in [0.717, 1.165) is 43.2 Å². The fourth-order valence-corrected chi connectivity index (χ4v) is 7.26. The molecule has 0 aliphatic heterocycles. The first-order chi connectivity index (χ1) is 23.4. The highest BCUT2D eigenvalue weighted by Crippen LogP contribution is 2.29. The summed E-state index contributed by atoms with van der Waals surface area (Å²) in [5.41, 5.74) is 7.93. The summed E-state index contributed by atoms with van der Waals surface area (Å²) in [6.45, 7) is 4.56. The summed E-state index contributed by atoms with van der Waals surface area (Å²) >= 11 is 0. The average Bonchev–Trinajstić information content (AvgIpc) is 3.08. The fourth-order valence-electron chi connectivity index (χ4n) is 7.26. The quantitative estimate of drug-likeness (QED) is 0.0743. The number of nitrogens with zero attached hydrogens (tertiary/aromatic N) is 1. The van der Waals surface area contributed by atoms with Crippen molar-refractivity contribution >= 4 is 11.8 Å². The summed E-state index contributed by atoms with van der Waals surface area (Å²) in [6, 6.07) is 8.25. The standard InChI is InChI=1S/C44H80N2O2/c1-5-7-9-11-13-15-17-19-21-23-25-27-29-31-33-41(43(45)47)39-35-37-40(38-36-39)42(44(48)46(3)4)34-32-30-28-26-24-22-20-18-16-14-12-10-8-6-2/h35-38,41-42H,5-34H2,1-4H3,(H2,45,47). The molecule has 4 nitrogen and oxygen atoms in total. The lowest BCUT2D eigenvalue weighted by atomic mass is 9.87. The Kier molecular flexibility index (Phi) is 28.7. The summed E-state index contributed by atoms with van der Waals surface area (Å²) in [4.78, 5) is 27.3. The first-order valence-corrected chi connectivity index (χ1v) is 21.0. The second-order valence-electron chi connectivity index (χ2n) is 15.2. The van der Waals surface area contributed by atoms with Crippen molar-refractivity contribution in [3.05, 3.63) is 35.4 Å². The molecule has 0 saturated carbocycles. The monoisotopic (exact) mass is 669 g/mol. The zero-order chi connectivity index (χ0) is 35.1. The second-order valence-corrected chi connectivity index (χ2v) is 15.2. The summed E-state index contributed by atoms with van der Waals surface area (Å²) in [6.07, 6.45) is 39.0. The Labute approximate surface area is 299 Å². The molecule has 48 heavy (non-hydrogen) atoms. The molecule has 1 aromatic rings. The van der Waals surface area contributed by atoms with E-state index >= 15 is 0 Å². The second kappa shape index (κ2) is 31.2. The van der Waals surface area contributed by atoms with E-state index in [1.165, 1.54) is 161 Å². The van der Waals surface area contributed by atoms with Crippen molar-refractivity contribution in [2.75, 3.05) is 14.1 Å². The Balaban J connectivity index is 2.33. The predicted molar refractivity (Wildman–Crippen MR) is 210 cm³/mol. The third kappa shape index (κ3) is 22.7. The Hall–Kier alpha value is -1.84. The van der Waals surface area contributed by atoms with Crippen LogP contribution in [-0.2, 0) is 9.59 Å². The summed E-state index contributed by atoms with van der Waals surface area (Å²) in [5.74, 6) is -0.429. The van der Waals surface area contributed by atoms with Crippen LogP contribution in [0.3, 0.4) is 0 Å². The molecule has 4 heteroatoms. The molecular weight excluding hydrogens is 588 g/mol. The number of benzene rings is 1. The molecule has 0 spiro atoms. The van der Waals surface area contributed by atoms with Crippen LogP contribution in [0.1, 0.15) is 229 Å². The van der Waals surface area contributed by atoms with Gasteiger partial charge in [0.2, 0.25) is 11.8 Å². The minimum Gasteiger partial charge on any atom is -0.369 e. The van der Waals surface area contributed by atoms with Crippen molar-refractivity contribution in [2.45, 2.75) is 218 Å². The van der Waals surface area contributed by atoms with Gasteiger partial charge in [0.05, 0.1) is 11.8 Å². The van der Waals surface area contributed by atoms with Gasteiger partial charge in [-0.25, -0.2) is 0 Å². The van der Waals surface area contributed by atoms with Crippen LogP contribution in [0.4, 0.5) is 0 Å². The maximum atomic E-state index is 13.1. The van der Waals surface area contributed by atoms with Gasteiger partial charge < -0.3 is 10.6 Å². The van der Waals surface area contributed by atoms with Crippen LogP contribution < -0.4 is 5.73 Å². The van der Waals surface area contributed by atoms with E-state index in [4.69, 9.17) is 5.73 Å². The van der Waals surface area contributed by atoms with Crippen LogP contribution in [-0.4, -0.2) is 30.8 Å². The van der Waals surface area contributed by atoms with Gasteiger partial charge >= 0.3 is 0 Å². The number of nitrogens with two attached hydrogens (primary N) is 1. The zero-order valence-corrected chi connectivity index (χ0v) is 32.5. The van der Waals surface area contributed by atoms with Gasteiger partial charge in [-0.05, 0) is 24.0 Å². The van der Waals surface area contributed by atoms with E-state index < -0.39 is 0 Å². The van der Waals surface area contributed by atoms with E-state index in [0.29, 0.717) is 0 Å². The Bertz CT molecular complexity index is 880. The van der Waals surface area contributed by atoms with Crippen LogP contribution in [0.5, 0.6) is 0 Å². The highest BCUT2D eigenvalue weighted by atomic mass is 16.2. The van der Waals surface area contributed by atoms with Crippen LogP contribution in [0, 0.1) is 0 Å². The van der Waals surface area contributed by atoms with Crippen LogP contribution >= 0.6 is 0 Å². The van der Waals surface area contributed by atoms with Gasteiger partial charge in [0.25, 0.3) is 0 Å². The first kappa shape index (κ1) is 44.2. The summed E-state index contributed by atoms with van der Waals surface area (Å²) < 4.78 is 0. The number of carbonyl (C=O) groups excluding carboxylic acids is 2. The van der Waals surface area contributed by atoms with Crippen molar-refractivity contribution in [1.29, 1.82) is 0 Å². The molecule has 0 aliphatic rings. The number of rotatable bonds is 34. The van der Waals surface area contributed by atoms with Crippen molar-refractivity contribution in [3.8, 4) is 0 Å². The third-order valence-electron chi connectivity index (χ3n) is 10.5. The average molecular weight is 669 g/mol. The minimum atomic E-state index is -0.245. The molecule has 1 aromatic carbocycles. The van der Waals surface area contributed by atoms with Gasteiger partial charge in [-0.3, -0.25) is 9.59 Å². The van der Waals surface area contributed by atoms with Gasteiger partial charge in [-0.2, -0.15) is 0 Å². The van der Waals surface area contributed by atoms with Crippen LogP contribution in [0.2, 0.25) is 0 Å². The smallest absolute Gasteiger partial charge is 0.229 e. The van der Waals surface area contributed by atoms with Crippen molar-refractivity contribution < 1.29 is 9.59 Å².